The van der Waals surface area contributed by atoms with Gasteiger partial charge in [-0.15, -0.1) is 0 Å². The molecule has 0 radical (unpaired) electrons. The summed E-state index contributed by atoms with van der Waals surface area (Å²) in [6.45, 7) is 4.07. The van der Waals surface area contributed by atoms with Crippen LogP contribution in [0.1, 0.15) is 296 Å². The quantitative estimate of drug-likeness (QED) is 0.0195. The van der Waals surface area contributed by atoms with Crippen molar-refractivity contribution in [3.63, 3.8) is 0 Å². The molecule has 0 rings (SSSR count). The summed E-state index contributed by atoms with van der Waals surface area (Å²) in [5, 5.41) is 0. The fourth-order valence-corrected chi connectivity index (χ4v) is 9.95. The van der Waals surface area contributed by atoms with Crippen molar-refractivity contribution in [2.75, 3.05) is 47.5 Å². The summed E-state index contributed by atoms with van der Waals surface area (Å²) in [5.74, 6) is -0.841. The van der Waals surface area contributed by atoms with E-state index in [1.165, 1.54) is 173 Å². The second-order valence-electron chi connectivity index (χ2n) is 23.1. The maximum Gasteiger partial charge on any atom is 0.306 e. The number of esters is 2. The molecule has 0 saturated heterocycles. The number of carbonyl (C=O) groups is 2. The van der Waals surface area contributed by atoms with Crippen molar-refractivity contribution in [2.45, 2.75) is 302 Å². The molecular weight excluding hydrogens is 990 g/mol. The molecule has 0 amide bonds. The zero-order chi connectivity index (χ0) is 57.0. The van der Waals surface area contributed by atoms with Crippen LogP contribution in [0.2, 0.25) is 0 Å². The number of phosphoric acid groups is 1. The molecule has 0 saturated carbocycles. The van der Waals surface area contributed by atoms with Crippen LogP contribution in [0.15, 0.2) is 72.9 Å². The van der Waals surface area contributed by atoms with Gasteiger partial charge in [0.15, 0.2) is 6.10 Å². The number of likely N-dealkylation sites (N-methyl/N-ethyl adjacent to an activating group) is 1. The van der Waals surface area contributed by atoms with E-state index in [4.69, 9.17) is 18.5 Å². The number of rotatable bonds is 60. The minimum Gasteiger partial charge on any atom is -0.756 e. The van der Waals surface area contributed by atoms with Crippen LogP contribution in [0.3, 0.4) is 0 Å². The Morgan fingerprint density at radius 2 is 0.731 bits per heavy atom. The second-order valence-corrected chi connectivity index (χ2v) is 24.5. The van der Waals surface area contributed by atoms with E-state index in [1.54, 1.807) is 0 Å². The van der Waals surface area contributed by atoms with Crippen molar-refractivity contribution in [2.24, 2.45) is 0 Å². The molecule has 0 aromatic carbocycles. The van der Waals surface area contributed by atoms with E-state index < -0.39 is 32.5 Å². The van der Waals surface area contributed by atoms with Gasteiger partial charge in [0.1, 0.15) is 19.8 Å². The summed E-state index contributed by atoms with van der Waals surface area (Å²) in [6, 6.07) is 0. The summed E-state index contributed by atoms with van der Waals surface area (Å²) in [7, 11) is 1.16. The molecule has 0 fully saturated rings. The molecule has 78 heavy (non-hydrogen) atoms. The van der Waals surface area contributed by atoms with Crippen molar-refractivity contribution in [3.8, 4) is 0 Å². The molecule has 0 aromatic rings. The Labute approximate surface area is 482 Å². The highest BCUT2D eigenvalue weighted by Gasteiger charge is 2.22. The topological polar surface area (TPSA) is 111 Å². The van der Waals surface area contributed by atoms with Crippen LogP contribution in [-0.4, -0.2) is 70.0 Å². The standard InChI is InChI=1S/C68H124NO8P/c1-6-8-10-12-14-16-18-20-21-22-23-24-25-26-27-28-29-30-31-32-33-34-35-36-37-38-39-40-41-42-43-44-45-46-47-49-51-53-55-57-59-61-68(71)77-66(65-76-78(72,73)75-63-62-69(3,4)5)64-74-67(70)60-58-56-54-52-50-48-19-17-15-13-11-9-7-2/h8,10-11,13-14,16-17,19-21,23-24,66H,6-7,9,12,15,18,22,25-65H2,1-5H3/b10-8-,13-11-,16-14-,19-17-,21-20-,24-23-. The first-order chi connectivity index (χ1) is 38.0. The lowest BCUT2D eigenvalue weighted by atomic mass is 10.0. The molecule has 9 nitrogen and oxygen atoms in total. The molecule has 0 aliphatic carbocycles. The van der Waals surface area contributed by atoms with Crippen LogP contribution in [0.5, 0.6) is 0 Å². The van der Waals surface area contributed by atoms with E-state index in [9.17, 15) is 19.0 Å². The molecule has 2 unspecified atom stereocenters. The smallest absolute Gasteiger partial charge is 0.306 e. The van der Waals surface area contributed by atoms with Crippen LogP contribution >= 0.6 is 7.82 Å². The molecule has 0 N–H and O–H groups in total. The highest BCUT2D eigenvalue weighted by Crippen LogP contribution is 2.38. The van der Waals surface area contributed by atoms with Crippen LogP contribution in [0.25, 0.3) is 0 Å². The van der Waals surface area contributed by atoms with Crippen molar-refractivity contribution in [1.82, 2.24) is 0 Å². The molecule has 0 aromatic heterocycles. The number of unbranched alkanes of at least 4 members (excludes halogenated alkanes) is 34. The third-order valence-electron chi connectivity index (χ3n) is 14.2. The Bertz CT molecular complexity index is 1550. The van der Waals surface area contributed by atoms with Gasteiger partial charge in [0.2, 0.25) is 0 Å². The van der Waals surface area contributed by atoms with Crippen molar-refractivity contribution < 1.29 is 42.1 Å². The minimum atomic E-state index is -4.64. The lowest BCUT2D eigenvalue weighted by molar-refractivity contribution is -0.870. The fraction of sp³-hybridized carbons (Fsp3) is 0.794. The van der Waals surface area contributed by atoms with Crippen LogP contribution < -0.4 is 4.89 Å². The average molecular weight is 1110 g/mol. The molecule has 0 spiro atoms. The zero-order valence-electron chi connectivity index (χ0n) is 51.6. The van der Waals surface area contributed by atoms with Crippen molar-refractivity contribution >= 4 is 19.8 Å². The molecule has 0 heterocycles. The lowest BCUT2D eigenvalue weighted by Crippen LogP contribution is -2.37. The molecular formula is C68H124NO8P. The monoisotopic (exact) mass is 1110 g/mol. The maximum atomic E-state index is 12.8. The molecule has 454 valence electrons. The second kappa shape index (κ2) is 59.1. The maximum absolute atomic E-state index is 12.8. The van der Waals surface area contributed by atoms with E-state index in [0.29, 0.717) is 23.9 Å². The number of ether oxygens (including phenoxy) is 2. The Balaban J connectivity index is 3.85. The number of hydrogen-bond acceptors (Lipinski definition) is 8. The third-order valence-corrected chi connectivity index (χ3v) is 15.2. The predicted molar refractivity (Wildman–Crippen MR) is 333 cm³/mol. The van der Waals surface area contributed by atoms with Gasteiger partial charge in [-0.2, -0.15) is 0 Å². The van der Waals surface area contributed by atoms with Gasteiger partial charge in [0.05, 0.1) is 27.7 Å². The minimum absolute atomic E-state index is 0.0329. The van der Waals surface area contributed by atoms with Gasteiger partial charge in [-0.1, -0.05) is 279 Å². The van der Waals surface area contributed by atoms with Gasteiger partial charge >= 0.3 is 11.9 Å². The first-order valence-corrected chi connectivity index (χ1v) is 34.1. The zero-order valence-corrected chi connectivity index (χ0v) is 52.5. The highest BCUT2D eigenvalue weighted by atomic mass is 31.2. The number of carbonyl (C=O) groups excluding carboxylic acids is 2. The van der Waals surface area contributed by atoms with Gasteiger partial charge in [-0.25, -0.2) is 0 Å². The molecule has 2 atom stereocenters. The Hall–Kier alpha value is -2.55. The highest BCUT2D eigenvalue weighted by molar-refractivity contribution is 7.45. The molecule has 0 bridgehead atoms. The summed E-state index contributed by atoms with van der Waals surface area (Å²) in [6.07, 6.45) is 78.6. The number of quaternary nitrogens is 1. The number of hydrogen-bond donors (Lipinski definition) is 0. The lowest BCUT2D eigenvalue weighted by Gasteiger charge is -2.28. The van der Waals surface area contributed by atoms with Gasteiger partial charge in [0, 0.05) is 12.8 Å². The molecule has 0 aliphatic rings. The fourth-order valence-electron chi connectivity index (χ4n) is 9.22. The van der Waals surface area contributed by atoms with E-state index in [1.807, 2.05) is 21.1 Å². The van der Waals surface area contributed by atoms with Crippen LogP contribution in [0.4, 0.5) is 0 Å². The Morgan fingerprint density at radius 1 is 0.410 bits per heavy atom. The summed E-state index contributed by atoms with van der Waals surface area (Å²) in [4.78, 5) is 37.8. The average Bonchev–Trinajstić information content (AvgIpc) is 3.40. The number of nitrogens with zero attached hydrogens (tertiary/aromatic N) is 1. The Kier molecular flexibility index (Phi) is 57.2. The van der Waals surface area contributed by atoms with E-state index >= 15 is 0 Å². The van der Waals surface area contributed by atoms with Crippen LogP contribution in [0, 0.1) is 0 Å². The van der Waals surface area contributed by atoms with Gasteiger partial charge in [0.25, 0.3) is 7.82 Å². The van der Waals surface area contributed by atoms with Gasteiger partial charge < -0.3 is 27.9 Å². The molecule has 10 heteroatoms. The summed E-state index contributed by atoms with van der Waals surface area (Å²) < 4.78 is 34.1. The first-order valence-electron chi connectivity index (χ1n) is 32.6. The van der Waals surface area contributed by atoms with E-state index in [2.05, 4.69) is 86.8 Å². The largest absolute Gasteiger partial charge is 0.756 e. The summed E-state index contributed by atoms with van der Waals surface area (Å²) >= 11 is 0. The third kappa shape index (κ3) is 62.6. The molecule has 0 aliphatic heterocycles. The SMILES string of the molecule is CC/C=C\C/C=C\C/C=C\C/C=C\CCCCCCCCCCCCCCCCCCCCCCCCCCCCCCC(=O)OC(COC(=O)CCCCCCC/C=C\C/C=C\CCC)COP(=O)([O-])OCC[N+](C)(C)C. The van der Waals surface area contributed by atoms with Crippen LogP contribution in [-0.2, 0) is 32.7 Å². The Morgan fingerprint density at radius 3 is 1.09 bits per heavy atom. The van der Waals surface area contributed by atoms with Crippen molar-refractivity contribution in [1.29, 1.82) is 0 Å². The summed E-state index contributed by atoms with van der Waals surface area (Å²) in [5.41, 5.74) is 0. The number of allylic oxidation sites excluding steroid dienone is 12. The number of phosphoric ester groups is 1. The predicted octanol–water partition coefficient (Wildman–Crippen LogP) is 20.2. The van der Waals surface area contributed by atoms with Gasteiger partial charge in [-0.3, -0.25) is 14.2 Å². The first kappa shape index (κ1) is 75.5. The van der Waals surface area contributed by atoms with E-state index in [-0.39, 0.29) is 26.1 Å². The van der Waals surface area contributed by atoms with Crippen molar-refractivity contribution in [3.05, 3.63) is 72.9 Å². The van der Waals surface area contributed by atoms with Gasteiger partial charge in [-0.05, 0) is 77.0 Å². The van der Waals surface area contributed by atoms with E-state index in [0.717, 1.165) is 83.5 Å². The normalized spacial score (nSPS) is 13.7.